The molecule has 0 fully saturated rings. The third-order valence-corrected chi connectivity index (χ3v) is 2.74. The van der Waals surface area contributed by atoms with Crippen LogP contribution in [0.15, 0.2) is 51.2 Å². The summed E-state index contributed by atoms with van der Waals surface area (Å²) in [5, 5.41) is 0.818. The van der Waals surface area contributed by atoms with Crippen molar-refractivity contribution in [1.82, 2.24) is 0 Å². The van der Waals surface area contributed by atoms with E-state index in [2.05, 4.69) is 4.74 Å². The van der Waals surface area contributed by atoms with Crippen molar-refractivity contribution in [3.63, 3.8) is 0 Å². The van der Waals surface area contributed by atoms with Crippen LogP contribution in [0.1, 0.15) is 6.92 Å². The maximum absolute atomic E-state index is 11.2. The van der Waals surface area contributed by atoms with E-state index in [-0.39, 0.29) is 6.61 Å². The summed E-state index contributed by atoms with van der Waals surface area (Å²) in [4.78, 5) is 22.3. The number of hydrogen-bond donors (Lipinski definition) is 0. The van der Waals surface area contributed by atoms with Gasteiger partial charge in [-0.25, -0.2) is 9.59 Å². The second-order valence-electron chi connectivity index (χ2n) is 4.14. The predicted octanol–water partition coefficient (Wildman–Crippen LogP) is 2.29. The second-order valence-corrected chi connectivity index (χ2v) is 4.14. The summed E-state index contributed by atoms with van der Waals surface area (Å²) in [5.41, 5.74) is 0.527. The average Bonchev–Trinajstić information content (AvgIpc) is 2.45. The number of fused-ring (bicyclic) bond motifs is 1. The van der Waals surface area contributed by atoms with Crippen molar-refractivity contribution >= 4 is 16.9 Å². The first kappa shape index (κ1) is 13.9. The molecular formula is C15H14O5. The highest BCUT2D eigenvalue weighted by atomic mass is 16.5. The SMILES string of the molecule is COC(=O)/C(C)=C\COc1ccc2ccc(=O)oc2c1. The van der Waals surface area contributed by atoms with Gasteiger partial charge in [0, 0.05) is 23.1 Å². The molecule has 0 saturated heterocycles. The number of carbonyl (C=O) groups excluding carboxylic acids is 1. The third kappa shape index (κ3) is 3.26. The number of methoxy groups -OCH3 is 1. The number of hydrogen-bond acceptors (Lipinski definition) is 5. The molecule has 0 unspecified atom stereocenters. The lowest BCUT2D eigenvalue weighted by Gasteiger charge is -2.05. The van der Waals surface area contributed by atoms with E-state index in [0.717, 1.165) is 5.39 Å². The van der Waals surface area contributed by atoms with Gasteiger partial charge in [-0.3, -0.25) is 0 Å². The van der Waals surface area contributed by atoms with Gasteiger partial charge in [0.25, 0.3) is 0 Å². The zero-order valence-corrected chi connectivity index (χ0v) is 11.2. The van der Waals surface area contributed by atoms with Gasteiger partial charge in [-0.15, -0.1) is 0 Å². The van der Waals surface area contributed by atoms with E-state index in [9.17, 15) is 9.59 Å². The molecular weight excluding hydrogens is 260 g/mol. The smallest absolute Gasteiger partial charge is 0.336 e. The van der Waals surface area contributed by atoms with Crippen molar-refractivity contribution in [3.05, 3.63) is 52.4 Å². The fraction of sp³-hybridized carbons (Fsp3) is 0.200. The van der Waals surface area contributed by atoms with Crippen molar-refractivity contribution in [3.8, 4) is 5.75 Å². The lowest BCUT2D eigenvalue weighted by Crippen LogP contribution is -2.04. The van der Waals surface area contributed by atoms with Gasteiger partial charge in [0.2, 0.25) is 0 Å². The van der Waals surface area contributed by atoms with Crippen LogP contribution in [0, 0.1) is 0 Å². The van der Waals surface area contributed by atoms with E-state index in [0.29, 0.717) is 16.9 Å². The van der Waals surface area contributed by atoms with Crippen molar-refractivity contribution in [2.45, 2.75) is 6.92 Å². The van der Waals surface area contributed by atoms with Gasteiger partial charge in [-0.05, 0) is 31.2 Å². The fourth-order valence-corrected chi connectivity index (χ4v) is 1.64. The van der Waals surface area contributed by atoms with Crippen LogP contribution >= 0.6 is 0 Å². The molecule has 0 atom stereocenters. The Bertz CT molecular complexity index is 712. The van der Waals surface area contributed by atoms with Crippen molar-refractivity contribution in [2.24, 2.45) is 0 Å². The molecule has 5 nitrogen and oxygen atoms in total. The minimum Gasteiger partial charge on any atom is -0.489 e. The molecule has 1 aromatic heterocycles. The molecule has 0 spiro atoms. The highest BCUT2D eigenvalue weighted by molar-refractivity contribution is 5.87. The largest absolute Gasteiger partial charge is 0.489 e. The highest BCUT2D eigenvalue weighted by Gasteiger charge is 2.03. The quantitative estimate of drug-likeness (QED) is 0.486. The van der Waals surface area contributed by atoms with Crippen LogP contribution in [0.5, 0.6) is 5.75 Å². The van der Waals surface area contributed by atoms with Crippen molar-refractivity contribution in [2.75, 3.05) is 13.7 Å². The molecule has 0 bridgehead atoms. The van der Waals surface area contributed by atoms with Gasteiger partial charge in [0.1, 0.15) is 17.9 Å². The molecule has 0 N–H and O–H groups in total. The lowest BCUT2D eigenvalue weighted by molar-refractivity contribution is -0.136. The lowest BCUT2D eigenvalue weighted by atomic mass is 10.2. The Morgan fingerprint density at radius 3 is 2.80 bits per heavy atom. The standard InChI is InChI=1S/C15H14O5/c1-10(15(17)18-2)7-8-19-12-5-3-11-4-6-14(16)20-13(11)9-12/h3-7,9H,8H2,1-2H3/b10-7-. The first-order chi connectivity index (χ1) is 9.60. The van der Waals surface area contributed by atoms with Crippen molar-refractivity contribution < 1.29 is 18.7 Å². The van der Waals surface area contributed by atoms with Crippen LogP contribution in [0.3, 0.4) is 0 Å². The highest BCUT2D eigenvalue weighted by Crippen LogP contribution is 2.19. The minimum atomic E-state index is -0.406. The zero-order valence-electron chi connectivity index (χ0n) is 11.2. The number of carbonyl (C=O) groups is 1. The van der Waals surface area contributed by atoms with E-state index in [1.165, 1.54) is 13.2 Å². The molecule has 0 aliphatic rings. The summed E-state index contributed by atoms with van der Waals surface area (Å²) in [6.45, 7) is 1.87. The van der Waals surface area contributed by atoms with E-state index < -0.39 is 11.6 Å². The Balaban J connectivity index is 2.11. The molecule has 1 aromatic carbocycles. The molecule has 5 heteroatoms. The third-order valence-electron chi connectivity index (χ3n) is 2.74. The van der Waals surface area contributed by atoms with Gasteiger partial charge in [0.05, 0.1) is 7.11 Å². The van der Waals surface area contributed by atoms with E-state index >= 15 is 0 Å². The van der Waals surface area contributed by atoms with E-state index in [1.54, 1.807) is 37.3 Å². The zero-order chi connectivity index (χ0) is 14.5. The Hall–Kier alpha value is -2.56. The monoisotopic (exact) mass is 274 g/mol. The molecule has 2 aromatic rings. The molecule has 20 heavy (non-hydrogen) atoms. The first-order valence-electron chi connectivity index (χ1n) is 6.02. The minimum absolute atomic E-state index is 0.226. The first-order valence-corrected chi connectivity index (χ1v) is 6.02. The van der Waals surface area contributed by atoms with E-state index in [1.807, 2.05) is 0 Å². The molecule has 0 saturated carbocycles. The summed E-state index contributed by atoms with van der Waals surface area (Å²) >= 11 is 0. The van der Waals surface area contributed by atoms with Crippen LogP contribution in [-0.4, -0.2) is 19.7 Å². The number of benzene rings is 1. The maximum Gasteiger partial charge on any atom is 0.336 e. The van der Waals surface area contributed by atoms with Crippen LogP contribution in [0.4, 0.5) is 0 Å². The summed E-state index contributed by atoms with van der Waals surface area (Å²) in [5.74, 6) is 0.166. The number of rotatable bonds is 4. The molecule has 0 amide bonds. The number of esters is 1. The van der Waals surface area contributed by atoms with Gasteiger partial charge in [0.15, 0.2) is 0 Å². The number of ether oxygens (including phenoxy) is 2. The topological polar surface area (TPSA) is 65.7 Å². The molecule has 0 radical (unpaired) electrons. The van der Waals surface area contributed by atoms with Gasteiger partial charge in [-0.2, -0.15) is 0 Å². The average molecular weight is 274 g/mol. The Labute approximate surface area is 115 Å². The Morgan fingerprint density at radius 2 is 2.05 bits per heavy atom. The molecule has 2 rings (SSSR count). The Kier molecular flexibility index (Phi) is 4.20. The molecule has 1 heterocycles. The summed E-state index contributed by atoms with van der Waals surface area (Å²) in [7, 11) is 1.33. The fourth-order valence-electron chi connectivity index (χ4n) is 1.64. The van der Waals surface area contributed by atoms with Gasteiger partial charge < -0.3 is 13.9 Å². The van der Waals surface area contributed by atoms with E-state index in [4.69, 9.17) is 9.15 Å². The van der Waals surface area contributed by atoms with Crippen LogP contribution in [0.25, 0.3) is 11.0 Å². The van der Waals surface area contributed by atoms with Crippen LogP contribution in [0.2, 0.25) is 0 Å². The van der Waals surface area contributed by atoms with Crippen molar-refractivity contribution in [1.29, 1.82) is 0 Å². The second kappa shape index (κ2) is 6.06. The predicted molar refractivity (Wildman–Crippen MR) is 73.8 cm³/mol. The van der Waals surface area contributed by atoms with Crippen LogP contribution < -0.4 is 10.4 Å². The molecule has 0 aliphatic carbocycles. The maximum atomic E-state index is 11.2. The molecule has 104 valence electrons. The summed E-state index contributed by atoms with van der Waals surface area (Å²) in [6, 6.07) is 8.25. The van der Waals surface area contributed by atoms with Crippen LogP contribution in [-0.2, 0) is 9.53 Å². The van der Waals surface area contributed by atoms with Gasteiger partial charge in [-0.1, -0.05) is 0 Å². The Morgan fingerprint density at radius 1 is 1.30 bits per heavy atom. The normalized spacial score (nSPS) is 11.4. The van der Waals surface area contributed by atoms with Gasteiger partial charge >= 0.3 is 11.6 Å². The summed E-state index contributed by atoms with van der Waals surface area (Å²) in [6.07, 6.45) is 1.62. The molecule has 0 aliphatic heterocycles. The summed E-state index contributed by atoms with van der Waals surface area (Å²) < 4.78 is 15.1.